The largest absolute Gasteiger partial charge is 0.366 e. The SMILES string of the molecule is NC(=O)c1ccc(F)c(NC=O)c1. The molecule has 1 aromatic carbocycles. The van der Waals surface area contributed by atoms with E-state index in [4.69, 9.17) is 5.73 Å². The van der Waals surface area contributed by atoms with Gasteiger partial charge < -0.3 is 11.1 Å². The first kappa shape index (κ1) is 9.18. The molecule has 0 atom stereocenters. The predicted octanol–water partition coefficient (Wildman–Crippen LogP) is 0.493. The van der Waals surface area contributed by atoms with E-state index in [-0.39, 0.29) is 11.3 Å². The van der Waals surface area contributed by atoms with Gasteiger partial charge in [-0.2, -0.15) is 0 Å². The minimum atomic E-state index is -0.672. The zero-order valence-electron chi connectivity index (χ0n) is 6.58. The Morgan fingerprint density at radius 3 is 2.77 bits per heavy atom. The molecule has 3 N–H and O–H groups in total. The monoisotopic (exact) mass is 182 g/mol. The van der Waals surface area contributed by atoms with Crippen LogP contribution in [0.2, 0.25) is 0 Å². The molecular formula is C8H7FN2O2. The number of nitrogens with two attached hydrogens (primary N) is 1. The molecule has 5 heteroatoms. The third-order valence-electron chi connectivity index (χ3n) is 1.47. The van der Waals surface area contributed by atoms with Gasteiger partial charge in [0.2, 0.25) is 12.3 Å². The number of benzene rings is 1. The van der Waals surface area contributed by atoms with E-state index in [1.54, 1.807) is 0 Å². The predicted molar refractivity (Wildman–Crippen MR) is 44.6 cm³/mol. The molecular weight excluding hydrogens is 175 g/mol. The van der Waals surface area contributed by atoms with Crippen molar-refractivity contribution in [2.75, 3.05) is 5.32 Å². The minimum absolute atomic E-state index is 0.0636. The molecule has 0 aliphatic rings. The summed E-state index contributed by atoms with van der Waals surface area (Å²) in [6, 6.07) is 3.48. The van der Waals surface area contributed by atoms with E-state index in [0.717, 1.165) is 6.07 Å². The summed E-state index contributed by atoms with van der Waals surface area (Å²) in [6.07, 6.45) is 0.323. The van der Waals surface area contributed by atoms with Crippen molar-refractivity contribution in [1.82, 2.24) is 0 Å². The van der Waals surface area contributed by atoms with Gasteiger partial charge in [-0.15, -0.1) is 0 Å². The van der Waals surface area contributed by atoms with Gasteiger partial charge in [-0.1, -0.05) is 0 Å². The van der Waals surface area contributed by atoms with Crippen LogP contribution in [0.3, 0.4) is 0 Å². The second-order valence-corrected chi connectivity index (χ2v) is 2.32. The molecule has 0 aliphatic carbocycles. The number of hydrogen-bond donors (Lipinski definition) is 2. The number of nitrogens with one attached hydrogen (secondary N) is 1. The summed E-state index contributed by atoms with van der Waals surface area (Å²) in [7, 11) is 0. The third-order valence-corrected chi connectivity index (χ3v) is 1.47. The van der Waals surface area contributed by atoms with Gasteiger partial charge in [0.05, 0.1) is 5.69 Å². The van der Waals surface area contributed by atoms with Crippen LogP contribution in [-0.2, 0) is 4.79 Å². The Bertz CT molecular complexity index is 352. The summed E-state index contributed by atoms with van der Waals surface area (Å²) < 4.78 is 12.8. The fourth-order valence-corrected chi connectivity index (χ4v) is 0.853. The van der Waals surface area contributed by atoms with Crippen molar-refractivity contribution in [3.05, 3.63) is 29.6 Å². The van der Waals surface area contributed by atoms with E-state index in [9.17, 15) is 14.0 Å². The Morgan fingerprint density at radius 1 is 1.54 bits per heavy atom. The van der Waals surface area contributed by atoms with Crippen LogP contribution in [0.25, 0.3) is 0 Å². The Balaban J connectivity index is 3.10. The Labute approximate surface area is 73.5 Å². The average molecular weight is 182 g/mol. The van der Waals surface area contributed by atoms with Gasteiger partial charge in [-0.05, 0) is 18.2 Å². The van der Waals surface area contributed by atoms with E-state index in [2.05, 4.69) is 5.32 Å². The highest BCUT2D eigenvalue weighted by Crippen LogP contribution is 2.14. The van der Waals surface area contributed by atoms with Crippen molar-refractivity contribution in [3.8, 4) is 0 Å². The summed E-state index contributed by atoms with van der Waals surface area (Å²) in [5.74, 6) is -1.29. The number of rotatable bonds is 3. The molecule has 0 fully saturated rings. The quantitative estimate of drug-likeness (QED) is 0.668. The van der Waals surface area contributed by atoms with Crippen molar-refractivity contribution in [1.29, 1.82) is 0 Å². The molecule has 0 saturated carbocycles. The number of primary amides is 1. The first-order valence-electron chi connectivity index (χ1n) is 3.44. The smallest absolute Gasteiger partial charge is 0.248 e. The van der Waals surface area contributed by atoms with E-state index in [0.29, 0.717) is 6.41 Å². The average Bonchev–Trinajstić information content (AvgIpc) is 2.08. The second kappa shape index (κ2) is 3.66. The molecule has 2 amide bonds. The van der Waals surface area contributed by atoms with Crippen LogP contribution >= 0.6 is 0 Å². The molecule has 0 aliphatic heterocycles. The van der Waals surface area contributed by atoms with Crippen molar-refractivity contribution < 1.29 is 14.0 Å². The van der Waals surface area contributed by atoms with Crippen LogP contribution in [-0.4, -0.2) is 12.3 Å². The number of carbonyl (C=O) groups is 2. The van der Waals surface area contributed by atoms with Gasteiger partial charge in [-0.3, -0.25) is 9.59 Å². The van der Waals surface area contributed by atoms with Crippen LogP contribution < -0.4 is 11.1 Å². The first-order valence-corrected chi connectivity index (χ1v) is 3.44. The summed E-state index contributed by atoms with van der Waals surface area (Å²) in [5, 5.41) is 2.11. The van der Waals surface area contributed by atoms with Crippen molar-refractivity contribution in [3.63, 3.8) is 0 Å². The molecule has 0 heterocycles. The molecule has 0 radical (unpaired) electrons. The molecule has 68 valence electrons. The zero-order valence-corrected chi connectivity index (χ0v) is 6.58. The summed E-state index contributed by atoms with van der Waals surface area (Å²) in [6.45, 7) is 0. The van der Waals surface area contributed by atoms with E-state index in [1.165, 1.54) is 12.1 Å². The lowest BCUT2D eigenvalue weighted by Crippen LogP contribution is -2.11. The highest BCUT2D eigenvalue weighted by Gasteiger charge is 2.05. The van der Waals surface area contributed by atoms with E-state index >= 15 is 0 Å². The molecule has 1 rings (SSSR count). The maximum Gasteiger partial charge on any atom is 0.248 e. The highest BCUT2D eigenvalue weighted by molar-refractivity contribution is 5.94. The van der Waals surface area contributed by atoms with Crippen LogP contribution in [0.5, 0.6) is 0 Å². The number of hydrogen-bond acceptors (Lipinski definition) is 2. The minimum Gasteiger partial charge on any atom is -0.366 e. The topological polar surface area (TPSA) is 72.2 Å². The van der Waals surface area contributed by atoms with Gasteiger partial charge in [0.25, 0.3) is 0 Å². The first-order chi connectivity index (χ1) is 6.15. The Morgan fingerprint density at radius 2 is 2.23 bits per heavy atom. The van der Waals surface area contributed by atoms with Gasteiger partial charge in [-0.25, -0.2) is 4.39 Å². The lowest BCUT2D eigenvalue weighted by molar-refractivity contribution is -0.105. The molecule has 0 spiro atoms. The van der Waals surface area contributed by atoms with Gasteiger partial charge in [0, 0.05) is 5.56 Å². The normalized spacial score (nSPS) is 9.31. The standard InChI is InChI=1S/C8H7FN2O2/c9-6-2-1-5(8(10)13)3-7(6)11-4-12/h1-4H,(H2,10,13)(H,11,12). The number of halogens is 1. The van der Waals surface area contributed by atoms with Crippen LogP contribution in [0, 0.1) is 5.82 Å². The van der Waals surface area contributed by atoms with Gasteiger partial charge in [0.15, 0.2) is 0 Å². The number of amides is 2. The maximum atomic E-state index is 12.8. The second-order valence-electron chi connectivity index (χ2n) is 2.32. The highest BCUT2D eigenvalue weighted by atomic mass is 19.1. The molecule has 13 heavy (non-hydrogen) atoms. The van der Waals surface area contributed by atoms with Crippen molar-refractivity contribution >= 4 is 18.0 Å². The molecule has 4 nitrogen and oxygen atoms in total. The Hall–Kier alpha value is -1.91. The van der Waals surface area contributed by atoms with Crippen molar-refractivity contribution in [2.45, 2.75) is 0 Å². The molecule has 0 aromatic heterocycles. The van der Waals surface area contributed by atoms with Crippen LogP contribution in [0.1, 0.15) is 10.4 Å². The van der Waals surface area contributed by atoms with Crippen LogP contribution in [0.15, 0.2) is 18.2 Å². The maximum absolute atomic E-state index is 12.8. The van der Waals surface area contributed by atoms with E-state index < -0.39 is 11.7 Å². The zero-order chi connectivity index (χ0) is 9.84. The van der Waals surface area contributed by atoms with E-state index in [1.807, 2.05) is 0 Å². The van der Waals surface area contributed by atoms with Gasteiger partial charge >= 0.3 is 0 Å². The lowest BCUT2D eigenvalue weighted by Gasteiger charge is -2.01. The number of anilines is 1. The summed E-state index contributed by atoms with van der Waals surface area (Å²) in [5.41, 5.74) is 5.03. The molecule has 0 bridgehead atoms. The summed E-state index contributed by atoms with van der Waals surface area (Å²) >= 11 is 0. The lowest BCUT2D eigenvalue weighted by atomic mass is 10.2. The van der Waals surface area contributed by atoms with Crippen molar-refractivity contribution in [2.24, 2.45) is 5.73 Å². The summed E-state index contributed by atoms with van der Waals surface area (Å²) in [4.78, 5) is 20.7. The van der Waals surface area contributed by atoms with Crippen LogP contribution in [0.4, 0.5) is 10.1 Å². The number of carbonyl (C=O) groups excluding carboxylic acids is 2. The molecule has 0 saturated heterocycles. The molecule has 1 aromatic rings. The fourth-order valence-electron chi connectivity index (χ4n) is 0.853. The molecule has 0 unspecified atom stereocenters. The third kappa shape index (κ3) is 2.02. The fraction of sp³-hybridized carbons (Fsp3) is 0. The van der Waals surface area contributed by atoms with Gasteiger partial charge in [0.1, 0.15) is 5.82 Å². The Kier molecular flexibility index (Phi) is 2.59.